The molecule has 1 heterocycles. The summed E-state index contributed by atoms with van der Waals surface area (Å²) in [7, 11) is -0.541. The maximum Gasteiger partial charge on any atom is 0.261 e. The van der Waals surface area contributed by atoms with E-state index < -0.39 is 16.3 Å². The Hall–Kier alpha value is -2.45. The molecule has 3 rings (SSSR count). The fraction of sp³-hybridized carbons (Fsp3) is 0.250. The van der Waals surface area contributed by atoms with Crippen LogP contribution in [-0.4, -0.2) is 40.5 Å². The molecule has 2 aromatic carbocycles. The van der Waals surface area contributed by atoms with E-state index >= 15 is 0 Å². The van der Waals surface area contributed by atoms with E-state index in [0.29, 0.717) is 22.9 Å². The van der Waals surface area contributed by atoms with Gasteiger partial charge in [-0.15, -0.1) is 0 Å². The van der Waals surface area contributed by atoms with Crippen molar-refractivity contribution in [2.75, 3.05) is 30.4 Å². The Labute approximate surface area is 140 Å². The van der Waals surface area contributed by atoms with E-state index in [1.165, 1.54) is 12.1 Å². The molecule has 0 aromatic heterocycles. The van der Waals surface area contributed by atoms with Crippen molar-refractivity contribution in [3.05, 3.63) is 42.5 Å². The van der Waals surface area contributed by atoms with Crippen LogP contribution in [0.15, 0.2) is 47.4 Å². The van der Waals surface area contributed by atoms with E-state index in [4.69, 9.17) is 9.47 Å². The summed E-state index contributed by atoms with van der Waals surface area (Å²) in [6, 6.07) is 11.1. The van der Waals surface area contributed by atoms with E-state index in [2.05, 4.69) is 4.72 Å². The Bertz CT molecular complexity index is 836. The Kier molecular flexibility index (Phi) is 4.25. The predicted molar refractivity (Wildman–Crippen MR) is 90.1 cm³/mol. The molecule has 0 amide bonds. The quantitative estimate of drug-likeness (QED) is 0.872. The first-order chi connectivity index (χ1) is 11.4. The molecule has 128 valence electrons. The topological polar surface area (TPSA) is 88.1 Å². The number of hydrogen-bond donors (Lipinski definition) is 2. The number of methoxy groups -OCH3 is 1. The molecule has 7 nitrogen and oxygen atoms in total. The van der Waals surface area contributed by atoms with Crippen LogP contribution in [-0.2, 0) is 10.0 Å². The number of aliphatic hydroxyl groups excluding tert-OH is 1. The Morgan fingerprint density at radius 2 is 1.96 bits per heavy atom. The van der Waals surface area contributed by atoms with Gasteiger partial charge in [-0.3, -0.25) is 4.72 Å². The van der Waals surface area contributed by atoms with Crippen molar-refractivity contribution < 1.29 is 23.0 Å². The molecule has 1 atom stereocenters. The van der Waals surface area contributed by atoms with Crippen molar-refractivity contribution in [1.29, 1.82) is 0 Å². The first-order valence-electron chi connectivity index (χ1n) is 7.25. The van der Waals surface area contributed by atoms with Gasteiger partial charge in [-0.1, -0.05) is 0 Å². The highest BCUT2D eigenvalue weighted by Crippen LogP contribution is 2.34. The number of rotatable bonds is 4. The molecule has 0 saturated heterocycles. The number of hydrogen-bond acceptors (Lipinski definition) is 6. The maximum absolute atomic E-state index is 12.6. The Balaban J connectivity index is 1.89. The molecule has 1 aliphatic rings. The number of nitrogens with one attached hydrogen (secondary N) is 1. The second-order valence-electron chi connectivity index (χ2n) is 5.37. The number of nitrogens with zero attached hydrogens (tertiary/aromatic N) is 1. The lowest BCUT2D eigenvalue weighted by atomic mass is 10.2. The van der Waals surface area contributed by atoms with Crippen LogP contribution in [0.3, 0.4) is 0 Å². The standard InChI is InChI=1S/C16H18N2O5S/c1-18-14-9-13(7-8-15(14)23-10-16(18)19)24(20,21)17-11-3-5-12(22-2)6-4-11/h3-9,16-17,19H,10H2,1-2H3. The fourth-order valence-electron chi connectivity index (χ4n) is 2.37. The number of anilines is 2. The van der Waals surface area contributed by atoms with Gasteiger partial charge in [0.2, 0.25) is 0 Å². The van der Waals surface area contributed by atoms with Gasteiger partial charge in [-0.05, 0) is 42.5 Å². The molecular weight excluding hydrogens is 332 g/mol. The zero-order valence-electron chi connectivity index (χ0n) is 13.3. The second-order valence-corrected chi connectivity index (χ2v) is 7.05. The summed E-state index contributed by atoms with van der Waals surface area (Å²) >= 11 is 0. The normalized spacial score (nSPS) is 17.0. The van der Waals surface area contributed by atoms with Crippen LogP contribution in [0, 0.1) is 0 Å². The molecule has 0 radical (unpaired) electrons. The molecule has 1 aliphatic heterocycles. The summed E-state index contributed by atoms with van der Waals surface area (Å²) in [5, 5.41) is 9.83. The lowest BCUT2D eigenvalue weighted by molar-refractivity contribution is 0.0955. The molecule has 0 saturated carbocycles. The number of benzene rings is 2. The summed E-state index contributed by atoms with van der Waals surface area (Å²) in [4.78, 5) is 1.66. The van der Waals surface area contributed by atoms with Crippen LogP contribution in [0.1, 0.15) is 0 Å². The van der Waals surface area contributed by atoms with Crippen molar-refractivity contribution in [2.24, 2.45) is 0 Å². The predicted octanol–water partition coefficient (Wildman–Crippen LogP) is 1.64. The average Bonchev–Trinajstić information content (AvgIpc) is 2.58. The van der Waals surface area contributed by atoms with E-state index in [1.807, 2.05) is 0 Å². The summed E-state index contributed by atoms with van der Waals surface area (Å²) in [6.45, 7) is 0.139. The van der Waals surface area contributed by atoms with Crippen molar-refractivity contribution in [3.8, 4) is 11.5 Å². The smallest absolute Gasteiger partial charge is 0.261 e. The van der Waals surface area contributed by atoms with E-state index in [0.717, 1.165) is 0 Å². The van der Waals surface area contributed by atoms with Gasteiger partial charge in [0.25, 0.3) is 10.0 Å². The van der Waals surface area contributed by atoms with Crippen LogP contribution < -0.4 is 19.1 Å². The summed E-state index contributed by atoms with van der Waals surface area (Å²) in [6.07, 6.45) is -0.815. The van der Waals surface area contributed by atoms with Gasteiger partial charge in [0.1, 0.15) is 18.1 Å². The van der Waals surface area contributed by atoms with E-state index in [1.54, 1.807) is 49.4 Å². The van der Waals surface area contributed by atoms with Gasteiger partial charge in [-0.2, -0.15) is 0 Å². The number of likely N-dealkylation sites (N-methyl/N-ethyl adjacent to an activating group) is 1. The summed E-state index contributed by atoms with van der Waals surface area (Å²) in [5.41, 5.74) is 0.949. The summed E-state index contributed by atoms with van der Waals surface area (Å²) < 4.78 is 38.1. The van der Waals surface area contributed by atoms with Crippen molar-refractivity contribution in [3.63, 3.8) is 0 Å². The highest BCUT2D eigenvalue weighted by atomic mass is 32.2. The van der Waals surface area contributed by atoms with Crippen LogP contribution in [0.5, 0.6) is 11.5 Å². The SMILES string of the molecule is COc1ccc(NS(=O)(=O)c2ccc3c(c2)N(C)C(O)CO3)cc1. The molecule has 1 unspecified atom stereocenters. The van der Waals surface area contributed by atoms with Crippen LogP contribution in [0.25, 0.3) is 0 Å². The summed E-state index contributed by atoms with van der Waals surface area (Å²) in [5.74, 6) is 1.17. The van der Waals surface area contributed by atoms with Gasteiger partial charge >= 0.3 is 0 Å². The molecular formula is C16H18N2O5S. The fourth-order valence-corrected chi connectivity index (χ4v) is 3.45. The van der Waals surface area contributed by atoms with Gasteiger partial charge < -0.3 is 19.5 Å². The number of sulfonamides is 1. The first kappa shape index (κ1) is 16.4. The third-order valence-electron chi connectivity index (χ3n) is 3.80. The van der Waals surface area contributed by atoms with Crippen LogP contribution in [0.2, 0.25) is 0 Å². The van der Waals surface area contributed by atoms with Crippen molar-refractivity contribution in [1.82, 2.24) is 0 Å². The van der Waals surface area contributed by atoms with Crippen LogP contribution >= 0.6 is 0 Å². The van der Waals surface area contributed by atoms with Gasteiger partial charge in [0, 0.05) is 12.7 Å². The minimum atomic E-state index is -3.76. The lowest BCUT2D eigenvalue weighted by Gasteiger charge is -2.32. The minimum Gasteiger partial charge on any atom is -0.497 e. The van der Waals surface area contributed by atoms with Gasteiger partial charge in [0.15, 0.2) is 6.23 Å². The lowest BCUT2D eigenvalue weighted by Crippen LogP contribution is -2.40. The second kappa shape index (κ2) is 6.21. The van der Waals surface area contributed by atoms with E-state index in [9.17, 15) is 13.5 Å². The average molecular weight is 350 g/mol. The molecule has 2 aromatic rings. The molecule has 0 aliphatic carbocycles. The maximum atomic E-state index is 12.6. The first-order valence-corrected chi connectivity index (χ1v) is 8.73. The largest absolute Gasteiger partial charge is 0.497 e. The van der Waals surface area contributed by atoms with Crippen molar-refractivity contribution in [2.45, 2.75) is 11.1 Å². The molecule has 0 spiro atoms. The molecule has 0 fully saturated rings. The number of fused-ring (bicyclic) bond motifs is 1. The zero-order valence-corrected chi connectivity index (χ0v) is 14.1. The molecule has 2 N–H and O–H groups in total. The van der Waals surface area contributed by atoms with Gasteiger partial charge in [0.05, 0.1) is 17.7 Å². The third-order valence-corrected chi connectivity index (χ3v) is 5.18. The van der Waals surface area contributed by atoms with E-state index in [-0.39, 0.29) is 11.5 Å². The minimum absolute atomic E-state index is 0.0848. The molecule has 8 heteroatoms. The Morgan fingerprint density at radius 1 is 1.25 bits per heavy atom. The zero-order chi connectivity index (χ0) is 17.3. The van der Waals surface area contributed by atoms with Crippen LogP contribution in [0.4, 0.5) is 11.4 Å². The Morgan fingerprint density at radius 3 is 2.62 bits per heavy atom. The highest BCUT2D eigenvalue weighted by Gasteiger charge is 2.25. The third kappa shape index (κ3) is 3.10. The number of ether oxygens (including phenoxy) is 2. The highest BCUT2D eigenvalue weighted by molar-refractivity contribution is 7.92. The number of aliphatic hydroxyl groups is 1. The molecule has 0 bridgehead atoms. The van der Waals surface area contributed by atoms with Crippen molar-refractivity contribution >= 4 is 21.4 Å². The van der Waals surface area contributed by atoms with Gasteiger partial charge in [-0.25, -0.2) is 8.42 Å². The monoisotopic (exact) mass is 350 g/mol. The molecule has 24 heavy (non-hydrogen) atoms.